The van der Waals surface area contributed by atoms with Gasteiger partial charge in [-0.2, -0.15) is 0 Å². The molecule has 1 aromatic rings. The Bertz CT molecular complexity index is 721. The average molecular weight is 340 g/mol. The average Bonchev–Trinajstić information content (AvgIpc) is 2.87. The first kappa shape index (κ1) is 17.9. The molecule has 0 bridgehead atoms. The number of ketones is 2. The van der Waals surface area contributed by atoms with Gasteiger partial charge in [-0.3, -0.25) is 9.59 Å². The minimum atomic E-state index is 0.00817. The van der Waals surface area contributed by atoms with Crippen molar-refractivity contribution in [2.75, 3.05) is 18.0 Å². The van der Waals surface area contributed by atoms with Crippen LogP contribution >= 0.6 is 0 Å². The van der Waals surface area contributed by atoms with E-state index < -0.39 is 0 Å². The van der Waals surface area contributed by atoms with E-state index in [1.807, 2.05) is 12.1 Å². The number of benzene rings is 1. The molecule has 1 N–H and O–H groups in total. The molecule has 1 aliphatic carbocycles. The van der Waals surface area contributed by atoms with Gasteiger partial charge in [0.25, 0.3) is 0 Å². The molecule has 4 nitrogen and oxygen atoms in total. The van der Waals surface area contributed by atoms with Crippen molar-refractivity contribution in [1.29, 1.82) is 0 Å². The number of fused-ring (bicyclic) bond motifs is 3. The number of carbonyl (C=O) groups excluding carboxylic acids is 2. The summed E-state index contributed by atoms with van der Waals surface area (Å²) in [5, 5.41) is 3.49. The van der Waals surface area contributed by atoms with Crippen LogP contribution in [0.3, 0.4) is 0 Å². The number of nitrogens with zero attached hydrogens (tertiary/aromatic N) is 1. The molecule has 2 atom stereocenters. The first-order chi connectivity index (χ1) is 11.9. The second-order valence-corrected chi connectivity index (χ2v) is 7.52. The van der Waals surface area contributed by atoms with Crippen LogP contribution in [0, 0.1) is 5.92 Å². The van der Waals surface area contributed by atoms with Crippen LogP contribution in [-0.4, -0.2) is 36.7 Å². The number of hydrogen-bond acceptors (Lipinski definition) is 4. The molecule has 25 heavy (non-hydrogen) atoms. The van der Waals surface area contributed by atoms with Gasteiger partial charge in [0.05, 0.1) is 6.04 Å². The molecule has 2 aliphatic rings. The fourth-order valence-corrected chi connectivity index (χ4v) is 3.97. The minimum absolute atomic E-state index is 0.00817. The first-order valence-electron chi connectivity index (χ1n) is 9.26. The predicted molar refractivity (Wildman–Crippen MR) is 102 cm³/mol. The maximum Gasteiger partial charge on any atom is 0.159 e. The van der Waals surface area contributed by atoms with E-state index in [0.29, 0.717) is 12.1 Å². The molecule has 0 amide bonds. The quantitative estimate of drug-likeness (QED) is 0.806. The van der Waals surface area contributed by atoms with E-state index in [4.69, 9.17) is 0 Å². The summed E-state index contributed by atoms with van der Waals surface area (Å²) in [4.78, 5) is 26.1. The number of Topliss-reactive ketones (excluding diaryl/α,β-unsaturated/α-hetero) is 2. The topological polar surface area (TPSA) is 49.4 Å². The van der Waals surface area contributed by atoms with Gasteiger partial charge < -0.3 is 10.2 Å². The number of carbonyl (C=O) groups is 2. The van der Waals surface area contributed by atoms with E-state index in [2.05, 4.69) is 36.2 Å². The number of anilines is 1. The van der Waals surface area contributed by atoms with Crippen LogP contribution in [0.15, 0.2) is 24.3 Å². The van der Waals surface area contributed by atoms with Crippen molar-refractivity contribution >= 4 is 22.8 Å². The van der Waals surface area contributed by atoms with E-state index in [9.17, 15) is 9.59 Å². The molecule has 0 aromatic heterocycles. The molecule has 1 aromatic carbocycles. The normalized spacial score (nSPS) is 21.8. The Balaban J connectivity index is 1.97. The molecule has 0 fully saturated rings. The van der Waals surface area contributed by atoms with Crippen molar-refractivity contribution < 1.29 is 9.59 Å². The van der Waals surface area contributed by atoms with E-state index in [1.165, 1.54) is 11.3 Å². The number of allylic oxidation sites excluding steroid dienone is 1. The highest BCUT2D eigenvalue weighted by Gasteiger charge is 2.37. The highest BCUT2D eigenvalue weighted by Crippen LogP contribution is 2.45. The largest absolute Gasteiger partial charge is 0.363 e. The maximum atomic E-state index is 11.9. The summed E-state index contributed by atoms with van der Waals surface area (Å²) in [6, 6.07) is 6.79. The van der Waals surface area contributed by atoms with Gasteiger partial charge in [0, 0.05) is 41.9 Å². The molecule has 1 aliphatic heterocycles. The van der Waals surface area contributed by atoms with Crippen LogP contribution in [0.5, 0.6) is 0 Å². The lowest BCUT2D eigenvalue weighted by Gasteiger charge is -2.32. The molecule has 3 rings (SSSR count). The molecule has 134 valence electrons. The molecule has 0 saturated carbocycles. The fraction of sp³-hybridized carbons (Fsp3) is 0.524. The summed E-state index contributed by atoms with van der Waals surface area (Å²) < 4.78 is 0. The van der Waals surface area contributed by atoms with Crippen LogP contribution in [0.25, 0.3) is 5.57 Å². The van der Waals surface area contributed by atoms with Crippen molar-refractivity contribution in [2.45, 2.75) is 52.6 Å². The zero-order valence-corrected chi connectivity index (χ0v) is 15.6. The summed E-state index contributed by atoms with van der Waals surface area (Å²) in [6.07, 6.45) is 4.04. The van der Waals surface area contributed by atoms with E-state index >= 15 is 0 Å². The SMILES string of the molecule is CC(=O)c1ccc2c(c1)C1=CC(C(C)=O)CCC1N2CCNC(C)C. The Morgan fingerprint density at radius 3 is 2.64 bits per heavy atom. The number of hydrogen-bond donors (Lipinski definition) is 1. The Morgan fingerprint density at radius 2 is 2.00 bits per heavy atom. The fourth-order valence-electron chi connectivity index (χ4n) is 3.97. The lowest BCUT2D eigenvalue weighted by Crippen LogP contribution is -2.40. The van der Waals surface area contributed by atoms with E-state index in [1.54, 1.807) is 13.8 Å². The smallest absolute Gasteiger partial charge is 0.159 e. The molecule has 4 heteroatoms. The lowest BCUT2D eigenvalue weighted by atomic mass is 9.83. The van der Waals surface area contributed by atoms with Crippen LogP contribution < -0.4 is 10.2 Å². The van der Waals surface area contributed by atoms with Crippen molar-refractivity contribution in [2.24, 2.45) is 5.92 Å². The summed E-state index contributed by atoms with van der Waals surface area (Å²) in [5.41, 5.74) is 4.30. The van der Waals surface area contributed by atoms with Gasteiger partial charge in [0.1, 0.15) is 5.78 Å². The van der Waals surface area contributed by atoms with Gasteiger partial charge >= 0.3 is 0 Å². The minimum Gasteiger partial charge on any atom is -0.363 e. The molecule has 1 heterocycles. The Labute approximate surface area is 150 Å². The number of rotatable bonds is 6. The second-order valence-electron chi connectivity index (χ2n) is 7.52. The molecular formula is C21H28N2O2. The second kappa shape index (κ2) is 7.12. The van der Waals surface area contributed by atoms with Gasteiger partial charge in [-0.25, -0.2) is 0 Å². The standard InChI is InChI=1S/C21H28N2O2/c1-13(2)22-9-10-23-20-7-5-16(14(3)24)11-18(20)19-12-17(15(4)25)6-8-21(19)23/h5,7,11-13,17,21-22H,6,8-10H2,1-4H3. The van der Waals surface area contributed by atoms with Gasteiger partial charge in [-0.1, -0.05) is 19.9 Å². The third-order valence-electron chi connectivity index (χ3n) is 5.32. The summed E-state index contributed by atoms with van der Waals surface area (Å²) in [7, 11) is 0. The van der Waals surface area contributed by atoms with Crippen LogP contribution in [0.1, 0.15) is 56.5 Å². The lowest BCUT2D eigenvalue weighted by molar-refractivity contribution is -0.119. The van der Waals surface area contributed by atoms with Crippen molar-refractivity contribution in [3.63, 3.8) is 0 Å². The Morgan fingerprint density at radius 1 is 1.24 bits per heavy atom. The third kappa shape index (κ3) is 3.54. The van der Waals surface area contributed by atoms with Gasteiger partial charge in [-0.15, -0.1) is 0 Å². The van der Waals surface area contributed by atoms with Crippen LogP contribution in [0.2, 0.25) is 0 Å². The van der Waals surface area contributed by atoms with E-state index in [0.717, 1.165) is 37.1 Å². The van der Waals surface area contributed by atoms with Gasteiger partial charge in [0.2, 0.25) is 0 Å². The molecule has 0 spiro atoms. The van der Waals surface area contributed by atoms with Crippen molar-refractivity contribution in [3.05, 3.63) is 35.4 Å². The summed E-state index contributed by atoms with van der Waals surface area (Å²) in [5.74, 6) is 0.322. The monoisotopic (exact) mass is 340 g/mol. The molecule has 2 unspecified atom stereocenters. The summed E-state index contributed by atoms with van der Waals surface area (Å²) >= 11 is 0. The van der Waals surface area contributed by atoms with E-state index in [-0.39, 0.29) is 17.5 Å². The Kier molecular flexibility index (Phi) is 5.09. The summed E-state index contributed by atoms with van der Waals surface area (Å²) in [6.45, 7) is 9.43. The predicted octanol–water partition coefficient (Wildman–Crippen LogP) is 3.46. The van der Waals surface area contributed by atoms with Crippen LogP contribution in [0.4, 0.5) is 5.69 Å². The zero-order chi connectivity index (χ0) is 18.1. The van der Waals surface area contributed by atoms with Crippen molar-refractivity contribution in [3.8, 4) is 0 Å². The molecule has 0 radical (unpaired) electrons. The van der Waals surface area contributed by atoms with Gasteiger partial charge in [-0.05, 0) is 50.5 Å². The van der Waals surface area contributed by atoms with Crippen molar-refractivity contribution in [1.82, 2.24) is 5.32 Å². The zero-order valence-electron chi connectivity index (χ0n) is 15.6. The van der Waals surface area contributed by atoms with Gasteiger partial charge in [0.15, 0.2) is 5.78 Å². The van der Waals surface area contributed by atoms with Crippen LogP contribution in [-0.2, 0) is 4.79 Å². The Hall–Kier alpha value is -1.94. The highest BCUT2D eigenvalue weighted by molar-refractivity contribution is 5.99. The first-order valence-corrected chi connectivity index (χ1v) is 9.26. The highest BCUT2D eigenvalue weighted by atomic mass is 16.1. The molecular weight excluding hydrogens is 312 g/mol. The maximum absolute atomic E-state index is 11.9. The number of nitrogens with one attached hydrogen (secondary N) is 1. The molecule has 0 saturated heterocycles. The third-order valence-corrected chi connectivity index (χ3v) is 5.32.